The van der Waals surface area contributed by atoms with Crippen molar-refractivity contribution in [1.82, 2.24) is 14.3 Å². The highest BCUT2D eigenvalue weighted by Gasteiger charge is 2.27. The lowest BCUT2D eigenvalue weighted by molar-refractivity contribution is 0.390. The third kappa shape index (κ3) is 4.41. The predicted octanol–water partition coefficient (Wildman–Crippen LogP) is 4.25. The number of unbranched alkanes of at least 4 members (excludes halogenated alkanes) is 2. The molecule has 0 saturated heterocycles. The minimum Gasteiger partial charge on any atom is -0.339 e. The molecule has 0 unspecified atom stereocenters. The van der Waals surface area contributed by atoms with Gasteiger partial charge in [-0.15, -0.1) is 0 Å². The maximum absolute atomic E-state index is 12.7. The van der Waals surface area contributed by atoms with Crippen LogP contribution >= 0.6 is 0 Å². The van der Waals surface area contributed by atoms with Crippen molar-refractivity contribution < 1.29 is 8.42 Å². The summed E-state index contributed by atoms with van der Waals surface area (Å²) in [6.07, 6.45) is 6.88. The molecule has 0 amide bonds. The van der Waals surface area contributed by atoms with Crippen LogP contribution in [0.5, 0.6) is 0 Å². The van der Waals surface area contributed by atoms with E-state index in [9.17, 15) is 8.42 Å². The monoisotopic (exact) mass is 410 g/mol. The summed E-state index contributed by atoms with van der Waals surface area (Å²) in [5, 5.41) is 4.44. The lowest BCUT2D eigenvalue weighted by Crippen LogP contribution is -2.37. The van der Waals surface area contributed by atoms with Gasteiger partial charge in [-0.05, 0) is 36.6 Å². The molecule has 2 aromatic heterocycles. The van der Waals surface area contributed by atoms with Crippen molar-refractivity contribution in [3.8, 4) is 0 Å². The molecule has 0 atom stereocenters. The Hall–Kier alpha value is -2.51. The molecule has 0 bridgehead atoms. The molecule has 1 aliphatic rings. The molecule has 29 heavy (non-hydrogen) atoms. The molecular formula is C22H26N4O2S. The standard InChI is InChI=1S/C22H26N4O2S/c1-2-3-6-13-29(27,28)26-12-10-20-18(16-26)9-11-23-22(20)25-19-14-17-7-4-5-8-21(17)24-15-19/h4-5,7-9,11,14-15H,2-3,6,10,12-13,16H2,1H3,(H,23,25). The van der Waals surface area contributed by atoms with E-state index in [0.717, 1.165) is 52.8 Å². The van der Waals surface area contributed by atoms with Crippen LogP contribution in [-0.4, -0.2) is 35.0 Å². The maximum Gasteiger partial charge on any atom is 0.214 e. The van der Waals surface area contributed by atoms with Gasteiger partial charge >= 0.3 is 0 Å². The van der Waals surface area contributed by atoms with E-state index in [2.05, 4.69) is 28.3 Å². The first-order chi connectivity index (χ1) is 14.1. The first kappa shape index (κ1) is 19.8. The van der Waals surface area contributed by atoms with Gasteiger partial charge in [0.2, 0.25) is 10.0 Å². The van der Waals surface area contributed by atoms with Gasteiger partial charge in [-0.3, -0.25) is 4.98 Å². The first-order valence-corrected chi connectivity index (χ1v) is 11.7. The number of anilines is 2. The van der Waals surface area contributed by atoms with E-state index < -0.39 is 10.0 Å². The number of fused-ring (bicyclic) bond motifs is 2. The number of para-hydroxylation sites is 1. The normalized spacial score (nSPS) is 14.7. The van der Waals surface area contributed by atoms with Crippen LogP contribution in [0.1, 0.15) is 37.3 Å². The van der Waals surface area contributed by atoms with Gasteiger partial charge in [0.15, 0.2) is 0 Å². The maximum atomic E-state index is 12.7. The Labute approximate surface area is 172 Å². The topological polar surface area (TPSA) is 75.2 Å². The number of aromatic nitrogens is 2. The van der Waals surface area contributed by atoms with Gasteiger partial charge in [0.05, 0.1) is 23.2 Å². The second kappa shape index (κ2) is 8.47. The van der Waals surface area contributed by atoms with Gasteiger partial charge < -0.3 is 5.32 Å². The van der Waals surface area contributed by atoms with Crippen LogP contribution in [0.4, 0.5) is 11.5 Å². The Balaban J connectivity index is 1.53. The number of nitrogens with one attached hydrogen (secondary N) is 1. The summed E-state index contributed by atoms with van der Waals surface area (Å²) < 4.78 is 26.9. The fraction of sp³-hybridized carbons (Fsp3) is 0.364. The highest BCUT2D eigenvalue weighted by Crippen LogP contribution is 2.29. The van der Waals surface area contributed by atoms with Crippen LogP contribution < -0.4 is 5.32 Å². The molecular weight excluding hydrogens is 384 g/mol. The molecule has 4 rings (SSSR count). The van der Waals surface area contributed by atoms with Crippen molar-refractivity contribution in [3.63, 3.8) is 0 Å². The average Bonchev–Trinajstić information content (AvgIpc) is 2.73. The largest absolute Gasteiger partial charge is 0.339 e. The van der Waals surface area contributed by atoms with E-state index in [1.807, 2.05) is 30.3 Å². The summed E-state index contributed by atoms with van der Waals surface area (Å²) in [7, 11) is -3.21. The van der Waals surface area contributed by atoms with Gasteiger partial charge in [-0.25, -0.2) is 13.4 Å². The number of hydrogen-bond donors (Lipinski definition) is 1. The number of benzene rings is 1. The molecule has 0 aliphatic carbocycles. The van der Waals surface area contributed by atoms with Gasteiger partial charge in [0, 0.05) is 30.2 Å². The molecule has 0 radical (unpaired) electrons. The Morgan fingerprint density at radius 1 is 1.14 bits per heavy atom. The van der Waals surface area contributed by atoms with Crippen molar-refractivity contribution >= 4 is 32.4 Å². The summed E-state index contributed by atoms with van der Waals surface area (Å²) in [5.74, 6) is 1.01. The number of pyridine rings is 2. The Bertz CT molecular complexity index is 1110. The van der Waals surface area contributed by atoms with Gasteiger partial charge in [-0.1, -0.05) is 38.0 Å². The molecule has 3 aromatic rings. The number of hydrogen-bond acceptors (Lipinski definition) is 5. The Kier molecular flexibility index (Phi) is 5.78. The predicted molar refractivity (Wildman–Crippen MR) is 117 cm³/mol. The molecule has 152 valence electrons. The van der Waals surface area contributed by atoms with Crippen molar-refractivity contribution in [1.29, 1.82) is 0 Å². The van der Waals surface area contributed by atoms with Crippen LogP contribution in [-0.2, 0) is 23.0 Å². The molecule has 1 aliphatic heterocycles. The third-order valence-electron chi connectivity index (χ3n) is 5.36. The fourth-order valence-corrected chi connectivity index (χ4v) is 5.28. The van der Waals surface area contributed by atoms with Crippen LogP contribution in [0.2, 0.25) is 0 Å². The molecule has 3 heterocycles. The quantitative estimate of drug-likeness (QED) is 0.589. The zero-order chi connectivity index (χ0) is 20.3. The summed E-state index contributed by atoms with van der Waals surface area (Å²) >= 11 is 0. The fourth-order valence-electron chi connectivity index (χ4n) is 3.75. The van der Waals surface area contributed by atoms with Crippen molar-refractivity contribution in [2.24, 2.45) is 0 Å². The summed E-state index contributed by atoms with van der Waals surface area (Å²) in [5.41, 5.74) is 3.92. The van der Waals surface area contributed by atoms with E-state index in [-0.39, 0.29) is 5.75 Å². The Morgan fingerprint density at radius 2 is 2.00 bits per heavy atom. The molecule has 7 heteroatoms. The highest BCUT2D eigenvalue weighted by molar-refractivity contribution is 7.89. The molecule has 1 aromatic carbocycles. The second-order valence-electron chi connectivity index (χ2n) is 7.45. The van der Waals surface area contributed by atoms with E-state index in [1.54, 1.807) is 16.7 Å². The lowest BCUT2D eigenvalue weighted by Gasteiger charge is -2.29. The Morgan fingerprint density at radius 3 is 2.86 bits per heavy atom. The van der Waals surface area contributed by atoms with Crippen molar-refractivity contribution in [2.45, 2.75) is 39.2 Å². The number of nitrogens with zero attached hydrogens (tertiary/aromatic N) is 3. The summed E-state index contributed by atoms with van der Waals surface area (Å²) in [6, 6.07) is 12.0. The van der Waals surface area contributed by atoms with Gasteiger partial charge in [0.25, 0.3) is 0 Å². The smallest absolute Gasteiger partial charge is 0.214 e. The third-order valence-corrected chi connectivity index (χ3v) is 7.27. The first-order valence-electron chi connectivity index (χ1n) is 10.1. The van der Waals surface area contributed by atoms with Gasteiger partial charge in [0.1, 0.15) is 5.82 Å². The summed E-state index contributed by atoms with van der Waals surface area (Å²) in [6.45, 7) is 2.99. The van der Waals surface area contributed by atoms with Crippen LogP contribution in [0.3, 0.4) is 0 Å². The van der Waals surface area contributed by atoms with Crippen LogP contribution in [0.25, 0.3) is 10.9 Å². The zero-order valence-electron chi connectivity index (χ0n) is 16.6. The zero-order valence-corrected chi connectivity index (χ0v) is 17.5. The molecule has 1 N–H and O–H groups in total. The van der Waals surface area contributed by atoms with Gasteiger partial charge in [-0.2, -0.15) is 4.31 Å². The van der Waals surface area contributed by atoms with Crippen LogP contribution in [0, 0.1) is 0 Å². The number of rotatable bonds is 7. The molecule has 0 fully saturated rings. The van der Waals surface area contributed by atoms with E-state index in [1.165, 1.54) is 0 Å². The van der Waals surface area contributed by atoms with E-state index >= 15 is 0 Å². The number of sulfonamides is 1. The lowest BCUT2D eigenvalue weighted by atomic mass is 10.0. The van der Waals surface area contributed by atoms with Crippen LogP contribution in [0.15, 0.2) is 48.8 Å². The minimum absolute atomic E-state index is 0.231. The SMILES string of the molecule is CCCCCS(=O)(=O)N1CCc2c(ccnc2Nc2cnc3ccccc3c2)C1. The average molecular weight is 411 g/mol. The van der Waals surface area contributed by atoms with E-state index in [4.69, 9.17) is 0 Å². The molecule has 6 nitrogen and oxygen atoms in total. The van der Waals surface area contributed by atoms with Crippen molar-refractivity contribution in [3.05, 3.63) is 59.9 Å². The second-order valence-corrected chi connectivity index (χ2v) is 9.53. The minimum atomic E-state index is -3.21. The molecule has 0 saturated carbocycles. The van der Waals surface area contributed by atoms with E-state index in [0.29, 0.717) is 19.5 Å². The molecule has 0 spiro atoms. The van der Waals surface area contributed by atoms with Crippen molar-refractivity contribution in [2.75, 3.05) is 17.6 Å². The highest BCUT2D eigenvalue weighted by atomic mass is 32.2. The summed E-state index contributed by atoms with van der Waals surface area (Å²) in [4.78, 5) is 9.00.